The second-order valence-corrected chi connectivity index (χ2v) is 10.9. The summed E-state index contributed by atoms with van der Waals surface area (Å²) in [4.78, 5) is 0. The van der Waals surface area contributed by atoms with Crippen molar-refractivity contribution in [3.05, 3.63) is 72.4 Å². The van der Waals surface area contributed by atoms with Crippen LogP contribution in [0.3, 0.4) is 0 Å². The molecule has 0 N–H and O–H groups in total. The van der Waals surface area contributed by atoms with Crippen LogP contribution in [-0.4, -0.2) is 4.40 Å². The van der Waals surface area contributed by atoms with Crippen LogP contribution in [-0.2, 0) is 11.0 Å². The number of thiophene rings is 1. The van der Waals surface area contributed by atoms with Gasteiger partial charge in [-0.05, 0) is 48.9 Å². The number of pyridine rings is 1. The summed E-state index contributed by atoms with van der Waals surface area (Å²) in [6.07, 6.45) is 4.48. The molecule has 0 bridgehead atoms. The summed E-state index contributed by atoms with van der Waals surface area (Å²) in [5.74, 6) is 0. The quantitative estimate of drug-likeness (QED) is 0.246. The lowest BCUT2D eigenvalue weighted by atomic mass is 9.62. The number of benzene rings is 3. The van der Waals surface area contributed by atoms with Crippen molar-refractivity contribution in [3.63, 3.8) is 0 Å². The van der Waals surface area contributed by atoms with Crippen molar-refractivity contribution in [1.29, 1.82) is 0 Å². The monoisotopic (exact) mass is 435 g/mol. The van der Waals surface area contributed by atoms with Crippen LogP contribution in [0.25, 0.3) is 47.6 Å². The number of nitrogens with zero attached hydrogens (tertiary/aromatic N) is 2. The molecule has 3 aromatic carbocycles. The highest BCUT2D eigenvalue weighted by Gasteiger charge is 2.54. The van der Waals surface area contributed by atoms with Gasteiger partial charge in [0.1, 0.15) is 5.54 Å². The second-order valence-electron chi connectivity index (χ2n) is 9.86. The molecule has 6 aromatic rings. The Morgan fingerprint density at radius 2 is 1.72 bits per heavy atom. The van der Waals surface area contributed by atoms with Crippen LogP contribution in [0.15, 0.2) is 66.9 Å². The van der Waals surface area contributed by atoms with Crippen LogP contribution >= 0.6 is 11.3 Å². The maximum atomic E-state index is 2.70. The summed E-state index contributed by atoms with van der Waals surface area (Å²) in [5, 5.41) is 5.52. The molecule has 7 rings (SSSR count). The maximum Gasteiger partial charge on any atom is 0.295 e. The lowest BCUT2D eigenvalue weighted by Crippen LogP contribution is -2.66. The van der Waals surface area contributed by atoms with Crippen LogP contribution in [0.5, 0.6) is 0 Å². The minimum Gasteiger partial charge on any atom is -0.216 e. The van der Waals surface area contributed by atoms with E-state index in [4.69, 9.17) is 0 Å². The number of hydrogen-bond donors (Lipinski definition) is 0. The molecule has 0 saturated carbocycles. The molecule has 32 heavy (non-hydrogen) atoms. The highest BCUT2D eigenvalue weighted by atomic mass is 32.1. The van der Waals surface area contributed by atoms with Gasteiger partial charge in [0.2, 0.25) is 0 Å². The fourth-order valence-electron chi connectivity index (χ4n) is 6.57. The predicted octanol–water partition coefficient (Wildman–Crippen LogP) is 7.71. The molecule has 0 radical (unpaired) electrons. The molecule has 0 amide bonds. The molecule has 2 nitrogen and oxygen atoms in total. The Morgan fingerprint density at radius 1 is 0.875 bits per heavy atom. The van der Waals surface area contributed by atoms with E-state index in [9.17, 15) is 0 Å². The zero-order valence-electron chi connectivity index (χ0n) is 19.1. The molecule has 2 unspecified atom stereocenters. The molecule has 0 aliphatic carbocycles. The summed E-state index contributed by atoms with van der Waals surface area (Å²) >= 11 is 1.91. The van der Waals surface area contributed by atoms with Crippen LogP contribution in [0.2, 0.25) is 0 Å². The van der Waals surface area contributed by atoms with Gasteiger partial charge in [-0.15, -0.1) is 11.3 Å². The third-order valence-corrected chi connectivity index (χ3v) is 9.94. The Morgan fingerprint density at radius 3 is 2.53 bits per heavy atom. The molecule has 2 atom stereocenters. The number of rotatable bonds is 2. The fraction of sp³-hybridized carbons (Fsp3) is 0.276. The van der Waals surface area contributed by atoms with Crippen molar-refractivity contribution in [1.82, 2.24) is 4.40 Å². The molecule has 3 aromatic heterocycles. The zero-order chi connectivity index (χ0) is 21.8. The third-order valence-electron chi connectivity index (χ3n) is 8.81. The Balaban J connectivity index is 1.79. The Bertz CT molecular complexity index is 1740. The molecule has 158 valence electrons. The molecular formula is C29H27N2S+. The zero-order valence-corrected chi connectivity index (χ0v) is 19.9. The first-order valence-electron chi connectivity index (χ1n) is 11.8. The van der Waals surface area contributed by atoms with Gasteiger partial charge in [0.05, 0.1) is 11.6 Å². The number of hydrogen-bond acceptors (Lipinski definition) is 1. The molecule has 0 fully saturated rings. The standard InChI is InChI=1S/C29H27N2S/c1-5-28(3)21-12-9-10-18-14-15-30-22-17-25-20(19-11-7-8-13-24(19)32-25)16-23(22)31(27(30)26(18)21)29(28,4)6-2/h7-17H,5-6H2,1-4H3/q+1. The number of aromatic nitrogens is 2. The van der Waals surface area contributed by atoms with Crippen LogP contribution in [0.4, 0.5) is 0 Å². The van der Waals surface area contributed by atoms with Gasteiger partial charge in [-0.1, -0.05) is 57.2 Å². The Kier molecular flexibility index (Phi) is 3.44. The third kappa shape index (κ3) is 1.92. The van der Waals surface area contributed by atoms with Gasteiger partial charge >= 0.3 is 0 Å². The van der Waals surface area contributed by atoms with Gasteiger partial charge in [-0.25, -0.2) is 4.57 Å². The SMILES string of the molecule is CCC1(C)c2cccc3ccn4c5cc6sc7ccccc7c6cc5[n+](c4c23)C1(C)CC. The van der Waals surface area contributed by atoms with E-state index in [1.807, 2.05) is 11.3 Å². The van der Waals surface area contributed by atoms with Crippen LogP contribution in [0.1, 0.15) is 46.1 Å². The summed E-state index contributed by atoms with van der Waals surface area (Å²) in [6.45, 7) is 9.70. The average Bonchev–Trinajstić information content (AvgIpc) is 3.36. The first kappa shape index (κ1) is 18.6. The van der Waals surface area contributed by atoms with E-state index in [1.54, 1.807) is 0 Å². The summed E-state index contributed by atoms with van der Waals surface area (Å²) < 4.78 is 7.89. The second kappa shape index (κ2) is 5.90. The van der Waals surface area contributed by atoms with Crippen molar-refractivity contribution in [2.24, 2.45) is 0 Å². The van der Waals surface area contributed by atoms with Crippen molar-refractivity contribution in [2.75, 3.05) is 0 Å². The van der Waals surface area contributed by atoms with E-state index in [0.29, 0.717) is 0 Å². The minimum absolute atomic E-state index is 0.0170. The van der Waals surface area contributed by atoms with Gasteiger partial charge < -0.3 is 0 Å². The minimum atomic E-state index is -0.0170. The van der Waals surface area contributed by atoms with Gasteiger partial charge in [-0.2, -0.15) is 4.40 Å². The molecular weight excluding hydrogens is 408 g/mol. The molecule has 1 aliphatic rings. The topological polar surface area (TPSA) is 8.29 Å². The van der Waals surface area contributed by atoms with E-state index in [2.05, 4.69) is 104 Å². The van der Waals surface area contributed by atoms with Crippen molar-refractivity contribution < 1.29 is 4.57 Å². The maximum absolute atomic E-state index is 2.70. The first-order valence-corrected chi connectivity index (χ1v) is 12.6. The van der Waals surface area contributed by atoms with Crippen molar-refractivity contribution >= 4 is 59.0 Å². The van der Waals surface area contributed by atoms with Crippen molar-refractivity contribution in [2.45, 2.75) is 51.5 Å². The number of imidazole rings is 1. The lowest BCUT2D eigenvalue weighted by Gasteiger charge is -2.46. The Labute approximate surface area is 191 Å². The molecule has 0 spiro atoms. The lowest BCUT2D eigenvalue weighted by molar-refractivity contribution is -0.728. The molecule has 3 heteroatoms. The molecule has 0 saturated heterocycles. The molecule has 1 aliphatic heterocycles. The Hall–Kier alpha value is -2.91. The normalized spacial score (nSPS) is 22.9. The summed E-state index contributed by atoms with van der Waals surface area (Å²) in [7, 11) is 0. The first-order chi connectivity index (χ1) is 15.5. The average molecular weight is 436 g/mol. The molecule has 4 heterocycles. The van der Waals surface area contributed by atoms with E-state index in [0.717, 1.165) is 12.8 Å². The van der Waals surface area contributed by atoms with Gasteiger partial charge in [-0.3, -0.25) is 0 Å². The van der Waals surface area contributed by atoms with Gasteiger partial charge in [0.15, 0.2) is 11.0 Å². The summed E-state index contributed by atoms with van der Waals surface area (Å²) in [5.41, 5.74) is 5.56. The summed E-state index contributed by atoms with van der Waals surface area (Å²) in [6, 6.07) is 22.9. The van der Waals surface area contributed by atoms with Crippen LogP contribution < -0.4 is 4.57 Å². The highest BCUT2D eigenvalue weighted by molar-refractivity contribution is 7.25. The number of fused-ring (bicyclic) bond motifs is 6. The van der Waals surface area contributed by atoms with Crippen LogP contribution in [0, 0.1) is 0 Å². The smallest absolute Gasteiger partial charge is 0.216 e. The van der Waals surface area contributed by atoms with Gasteiger partial charge in [0.25, 0.3) is 5.65 Å². The van der Waals surface area contributed by atoms with Gasteiger partial charge in [0, 0.05) is 31.7 Å². The van der Waals surface area contributed by atoms with E-state index in [-0.39, 0.29) is 11.0 Å². The highest BCUT2D eigenvalue weighted by Crippen LogP contribution is 2.50. The fourth-order valence-corrected chi connectivity index (χ4v) is 7.69. The van der Waals surface area contributed by atoms with E-state index in [1.165, 1.54) is 53.2 Å². The van der Waals surface area contributed by atoms with Crippen molar-refractivity contribution in [3.8, 4) is 0 Å². The van der Waals surface area contributed by atoms with E-state index < -0.39 is 0 Å². The largest absolute Gasteiger partial charge is 0.295 e. The predicted molar refractivity (Wildman–Crippen MR) is 137 cm³/mol. The van der Waals surface area contributed by atoms with E-state index >= 15 is 0 Å².